The normalized spacial score (nSPS) is 19.6. The van der Waals surface area contributed by atoms with E-state index < -0.39 is 0 Å². The number of ether oxygens (including phenoxy) is 1. The highest BCUT2D eigenvalue weighted by Crippen LogP contribution is 2.16. The van der Waals surface area contributed by atoms with Gasteiger partial charge >= 0.3 is 0 Å². The van der Waals surface area contributed by atoms with Crippen LogP contribution in [0.3, 0.4) is 0 Å². The van der Waals surface area contributed by atoms with Crippen LogP contribution < -0.4 is 10.2 Å². The standard InChI is InChI=1S/C14H20N2O2/c1-11(17)12-4-3-5-13(8-12)16(2)10-14-9-15-6-7-18-14/h3-5,8,14-15H,6-7,9-10H2,1-2H3. The van der Waals surface area contributed by atoms with Crippen LogP contribution in [0.5, 0.6) is 0 Å². The van der Waals surface area contributed by atoms with Crippen molar-refractivity contribution >= 4 is 11.5 Å². The molecule has 1 aliphatic rings. The summed E-state index contributed by atoms with van der Waals surface area (Å²) in [6.45, 7) is 5.00. The van der Waals surface area contributed by atoms with E-state index in [4.69, 9.17) is 4.74 Å². The molecule has 98 valence electrons. The Bertz CT molecular complexity index is 414. The summed E-state index contributed by atoms with van der Waals surface area (Å²) in [5.41, 5.74) is 1.80. The van der Waals surface area contributed by atoms with Crippen LogP contribution in [0.2, 0.25) is 0 Å². The van der Waals surface area contributed by atoms with Gasteiger partial charge in [-0.15, -0.1) is 0 Å². The Labute approximate surface area is 108 Å². The van der Waals surface area contributed by atoms with Gasteiger partial charge in [-0.25, -0.2) is 0 Å². The molecule has 1 saturated heterocycles. The van der Waals surface area contributed by atoms with E-state index in [1.165, 1.54) is 0 Å². The van der Waals surface area contributed by atoms with Crippen LogP contribution in [0, 0.1) is 0 Å². The van der Waals surface area contributed by atoms with Gasteiger partial charge in [0.25, 0.3) is 0 Å². The van der Waals surface area contributed by atoms with Gasteiger partial charge in [0.1, 0.15) is 0 Å². The molecule has 0 aromatic heterocycles. The van der Waals surface area contributed by atoms with Crippen LogP contribution in [0.25, 0.3) is 0 Å². The van der Waals surface area contributed by atoms with Gasteiger partial charge < -0.3 is 15.0 Å². The molecule has 4 nitrogen and oxygen atoms in total. The van der Waals surface area contributed by atoms with Gasteiger partial charge in [0.15, 0.2) is 5.78 Å². The van der Waals surface area contributed by atoms with Gasteiger partial charge in [0, 0.05) is 37.9 Å². The number of hydrogen-bond acceptors (Lipinski definition) is 4. The molecule has 1 aliphatic heterocycles. The number of anilines is 1. The SMILES string of the molecule is CC(=O)c1cccc(N(C)CC2CNCCO2)c1. The molecule has 4 heteroatoms. The summed E-state index contributed by atoms with van der Waals surface area (Å²) in [7, 11) is 2.03. The molecule has 2 rings (SSSR count). The molecular weight excluding hydrogens is 228 g/mol. The zero-order valence-electron chi connectivity index (χ0n) is 11.0. The fourth-order valence-electron chi connectivity index (χ4n) is 2.11. The summed E-state index contributed by atoms with van der Waals surface area (Å²) in [4.78, 5) is 13.5. The van der Waals surface area contributed by atoms with Crippen LogP contribution in [0.4, 0.5) is 5.69 Å². The largest absolute Gasteiger partial charge is 0.374 e. The second kappa shape index (κ2) is 5.98. The maximum absolute atomic E-state index is 11.4. The van der Waals surface area contributed by atoms with Gasteiger partial charge in [0.05, 0.1) is 12.7 Å². The number of carbonyl (C=O) groups excluding carboxylic acids is 1. The minimum atomic E-state index is 0.0980. The van der Waals surface area contributed by atoms with Crippen molar-refractivity contribution in [3.63, 3.8) is 0 Å². The Balaban J connectivity index is 2.01. The number of Topliss-reactive ketones (excluding diaryl/α,β-unsaturated/α-hetero) is 1. The van der Waals surface area contributed by atoms with Crippen molar-refractivity contribution in [1.29, 1.82) is 0 Å². The van der Waals surface area contributed by atoms with Crippen LogP contribution >= 0.6 is 0 Å². The molecule has 0 saturated carbocycles. The van der Waals surface area contributed by atoms with Gasteiger partial charge in [-0.05, 0) is 19.1 Å². The highest BCUT2D eigenvalue weighted by Gasteiger charge is 2.16. The van der Waals surface area contributed by atoms with Crippen LogP contribution in [-0.4, -0.2) is 45.2 Å². The summed E-state index contributed by atoms with van der Waals surface area (Å²) in [5, 5.41) is 3.32. The zero-order valence-corrected chi connectivity index (χ0v) is 11.0. The number of nitrogens with zero attached hydrogens (tertiary/aromatic N) is 1. The molecule has 1 aromatic carbocycles. The first-order valence-corrected chi connectivity index (χ1v) is 6.31. The molecule has 0 aliphatic carbocycles. The first-order valence-electron chi connectivity index (χ1n) is 6.31. The number of hydrogen-bond donors (Lipinski definition) is 1. The molecule has 0 radical (unpaired) electrons. The fourth-order valence-corrected chi connectivity index (χ4v) is 2.11. The topological polar surface area (TPSA) is 41.6 Å². The second-order valence-corrected chi connectivity index (χ2v) is 4.68. The lowest BCUT2D eigenvalue weighted by Gasteiger charge is -2.29. The molecule has 1 fully saturated rings. The molecule has 1 heterocycles. The van der Waals surface area contributed by atoms with Gasteiger partial charge in [-0.1, -0.05) is 12.1 Å². The van der Waals surface area contributed by atoms with Gasteiger partial charge in [0.2, 0.25) is 0 Å². The predicted molar refractivity (Wildman–Crippen MR) is 72.3 cm³/mol. The number of carbonyl (C=O) groups is 1. The fraction of sp³-hybridized carbons (Fsp3) is 0.500. The first-order chi connectivity index (χ1) is 8.66. The lowest BCUT2D eigenvalue weighted by molar-refractivity contribution is 0.0340. The molecule has 0 bridgehead atoms. The maximum atomic E-state index is 11.4. The van der Waals surface area contributed by atoms with E-state index in [2.05, 4.69) is 10.2 Å². The first kappa shape index (κ1) is 13.1. The van der Waals surface area contributed by atoms with Crippen molar-refractivity contribution < 1.29 is 9.53 Å². The summed E-state index contributed by atoms with van der Waals surface area (Å²) < 4.78 is 5.68. The number of benzene rings is 1. The van der Waals surface area contributed by atoms with E-state index in [0.29, 0.717) is 0 Å². The summed E-state index contributed by atoms with van der Waals surface area (Å²) >= 11 is 0. The third kappa shape index (κ3) is 3.31. The van der Waals surface area contributed by atoms with Crippen molar-refractivity contribution in [2.45, 2.75) is 13.0 Å². The van der Waals surface area contributed by atoms with Crippen molar-refractivity contribution in [3.8, 4) is 0 Å². The quantitative estimate of drug-likeness (QED) is 0.816. The van der Waals surface area contributed by atoms with Crippen molar-refractivity contribution in [1.82, 2.24) is 5.32 Å². The average molecular weight is 248 g/mol. The Morgan fingerprint density at radius 2 is 2.39 bits per heavy atom. The Morgan fingerprint density at radius 3 is 3.06 bits per heavy atom. The van der Waals surface area contributed by atoms with Gasteiger partial charge in [-0.2, -0.15) is 0 Å². The Hall–Kier alpha value is -1.39. The lowest BCUT2D eigenvalue weighted by Crippen LogP contribution is -2.44. The molecule has 1 unspecified atom stereocenters. The number of likely N-dealkylation sites (N-methyl/N-ethyl adjacent to an activating group) is 1. The van der Waals surface area contributed by atoms with E-state index in [9.17, 15) is 4.79 Å². The van der Waals surface area contributed by atoms with E-state index in [1.54, 1.807) is 6.92 Å². The third-order valence-electron chi connectivity index (χ3n) is 3.18. The van der Waals surface area contributed by atoms with Gasteiger partial charge in [-0.3, -0.25) is 4.79 Å². The minimum Gasteiger partial charge on any atom is -0.374 e. The van der Waals surface area contributed by atoms with Crippen molar-refractivity contribution in [3.05, 3.63) is 29.8 Å². The monoisotopic (exact) mass is 248 g/mol. The molecular formula is C14H20N2O2. The summed E-state index contributed by atoms with van der Waals surface area (Å²) in [6.07, 6.45) is 0.213. The molecule has 1 N–H and O–H groups in total. The van der Waals surface area contributed by atoms with E-state index in [-0.39, 0.29) is 11.9 Å². The van der Waals surface area contributed by atoms with E-state index >= 15 is 0 Å². The van der Waals surface area contributed by atoms with E-state index in [0.717, 1.165) is 37.5 Å². The Morgan fingerprint density at radius 1 is 1.56 bits per heavy atom. The molecule has 1 atom stereocenters. The number of rotatable bonds is 4. The average Bonchev–Trinajstić information content (AvgIpc) is 2.40. The maximum Gasteiger partial charge on any atom is 0.159 e. The van der Waals surface area contributed by atoms with Crippen LogP contribution in [-0.2, 0) is 4.74 Å². The smallest absolute Gasteiger partial charge is 0.159 e. The second-order valence-electron chi connectivity index (χ2n) is 4.68. The predicted octanol–water partition coefficient (Wildman–Crippen LogP) is 1.31. The Kier molecular flexibility index (Phi) is 4.33. The summed E-state index contributed by atoms with van der Waals surface area (Å²) in [6, 6.07) is 7.71. The molecule has 0 spiro atoms. The molecule has 18 heavy (non-hydrogen) atoms. The number of nitrogens with one attached hydrogen (secondary N) is 1. The lowest BCUT2D eigenvalue weighted by atomic mass is 10.1. The molecule has 1 aromatic rings. The van der Waals surface area contributed by atoms with Crippen molar-refractivity contribution in [2.24, 2.45) is 0 Å². The highest BCUT2D eigenvalue weighted by molar-refractivity contribution is 5.94. The number of morpholine rings is 1. The summed E-state index contributed by atoms with van der Waals surface area (Å²) in [5.74, 6) is 0.0980. The molecule has 0 amide bonds. The van der Waals surface area contributed by atoms with Crippen LogP contribution in [0.1, 0.15) is 17.3 Å². The minimum absolute atomic E-state index is 0.0980. The van der Waals surface area contributed by atoms with Crippen LogP contribution in [0.15, 0.2) is 24.3 Å². The highest BCUT2D eigenvalue weighted by atomic mass is 16.5. The van der Waals surface area contributed by atoms with E-state index in [1.807, 2.05) is 31.3 Å². The van der Waals surface area contributed by atoms with Crippen molar-refractivity contribution in [2.75, 3.05) is 38.2 Å². The number of ketones is 1. The zero-order chi connectivity index (χ0) is 13.0. The third-order valence-corrected chi connectivity index (χ3v) is 3.18.